The zero-order valence-electron chi connectivity index (χ0n) is 53.2. The Morgan fingerprint density at radius 2 is 1.38 bits per heavy atom. The Hall–Kier alpha value is -8.28. The van der Waals surface area contributed by atoms with Crippen LogP contribution in [0.25, 0.3) is 22.2 Å². The number of likely N-dealkylation sites (N-methyl/N-ethyl adjacent to an activating group) is 2. The Morgan fingerprint density at radius 1 is 0.731 bits per heavy atom. The second-order valence-electron chi connectivity index (χ2n) is 21.7. The number of carbonyl (C=O) groups is 5. The topological polar surface area (TPSA) is 278 Å². The molecule has 0 bridgehead atoms. The van der Waals surface area contributed by atoms with Crippen LogP contribution in [0.2, 0.25) is 5.02 Å². The van der Waals surface area contributed by atoms with Gasteiger partial charge in [0.25, 0.3) is 5.91 Å². The summed E-state index contributed by atoms with van der Waals surface area (Å²) in [6.07, 6.45) is 5.46. The molecule has 0 aliphatic carbocycles. The molecule has 1 saturated heterocycles. The van der Waals surface area contributed by atoms with Gasteiger partial charge < -0.3 is 87.9 Å². The number of halogens is 1. The summed E-state index contributed by atoms with van der Waals surface area (Å²) >= 11 is 6.31. The van der Waals surface area contributed by atoms with Crippen molar-refractivity contribution in [2.45, 2.75) is 32.0 Å². The van der Waals surface area contributed by atoms with E-state index in [1.807, 2.05) is 57.5 Å². The molecule has 6 aromatic rings. The predicted molar refractivity (Wildman–Crippen MR) is 352 cm³/mol. The normalized spacial score (nSPS) is 13.7. The van der Waals surface area contributed by atoms with Crippen molar-refractivity contribution in [2.75, 3.05) is 174 Å². The molecule has 4 heterocycles. The molecule has 6 amide bonds. The maximum Gasteiger partial charge on any atom is 0.319 e. The Morgan fingerprint density at radius 3 is 2.02 bits per heavy atom. The van der Waals surface area contributed by atoms with Crippen molar-refractivity contribution < 1.29 is 71.3 Å². The van der Waals surface area contributed by atoms with Crippen LogP contribution < -0.4 is 41.0 Å². The summed E-state index contributed by atoms with van der Waals surface area (Å²) in [5.41, 5.74) is 7.21. The van der Waals surface area contributed by atoms with Crippen LogP contribution in [0.5, 0.6) is 11.5 Å². The zero-order chi connectivity index (χ0) is 65.7. The number of methoxy groups -OCH3 is 1. The minimum absolute atomic E-state index is 0.178. The lowest BCUT2D eigenvalue weighted by Gasteiger charge is -2.29. The van der Waals surface area contributed by atoms with Gasteiger partial charge in [-0.15, -0.1) is 0 Å². The van der Waals surface area contributed by atoms with Gasteiger partial charge in [-0.3, -0.25) is 24.5 Å². The number of imide groups is 1. The van der Waals surface area contributed by atoms with Crippen molar-refractivity contribution in [3.8, 4) is 22.8 Å². The summed E-state index contributed by atoms with van der Waals surface area (Å²) in [7, 11) is 7.60. The van der Waals surface area contributed by atoms with Crippen LogP contribution in [0.4, 0.5) is 33.5 Å². The highest BCUT2D eigenvalue weighted by atomic mass is 35.5. The second-order valence-corrected chi connectivity index (χ2v) is 22.1. The van der Waals surface area contributed by atoms with Crippen LogP contribution >= 0.6 is 11.6 Å². The van der Waals surface area contributed by atoms with Gasteiger partial charge in [0.1, 0.15) is 24.1 Å². The number of hydrogen-bond acceptors (Lipinski definition) is 20. The number of amides is 6. The fourth-order valence-corrected chi connectivity index (χ4v) is 10.3. The third-order valence-corrected chi connectivity index (χ3v) is 15.2. The zero-order valence-corrected chi connectivity index (χ0v) is 53.9. The number of para-hydroxylation sites is 1. The highest BCUT2D eigenvalue weighted by molar-refractivity contribution is 6.31. The molecule has 93 heavy (non-hydrogen) atoms. The third-order valence-electron chi connectivity index (χ3n) is 15.0. The number of hydrogen-bond donors (Lipinski definition) is 5. The van der Waals surface area contributed by atoms with E-state index in [-0.39, 0.29) is 50.3 Å². The number of piperidine rings is 1. The highest BCUT2D eigenvalue weighted by Gasteiger charge is 2.39. The minimum Gasteiger partial charge on any atom is -0.494 e. The Bertz CT molecular complexity index is 3450. The van der Waals surface area contributed by atoms with E-state index in [1.165, 1.54) is 11.0 Å². The molecular weight excluding hydrogens is 1220 g/mol. The molecule has 0 spiro atoms. The summed E-state index contributed by atoms with van der Waals surface area (Å²) < 4.78 is 58.7. The van der Waals surface area contributed by atoms with Gasteiger partial charge in [-0.05, 0) is 67.1 Å². The van der Waals surface area contributed by atoms with Gasteiger partial charge in [0, 0.05) is 111 Å². The number of anilines is 5. The van der Waals surface area contributed by atoms with Crippen LogP contribution in [0.1, 0.15) is 34.3 Å². The highest BCUT2D eigenvalue weighted by Crippen LogP contribution is 2.39. The molecule has 0 radical (unpaired) electrons. The van der Waals surface area contributed by atoms with Crippen molar-refractivity contribution in [1.29, 1.82) is 0 Å². The van der Waals surface area contributed by atoms with Crippen LogP contribution in [0.15, 0.2) is 104 Å². The molecular formula is C66H84ClN11O15. The number of fused-ring (bicyclic) bond motifs is 2. The van der Waals surface area contributed by atoms with Gasteiger partial charge in [0.2, 0.25) is 23.7 Å². The lowest BCUT2D eigenvalue weighted by Crippen LogP contribution is -2.52. The second kappa shape index (κ2) is 37.4. The van der Waals surface area contributed by atoms with Crippen LogP contribution in [-0.2, 0) is 72.4 Å². The van der Waals surface area contributed by atoms with Crippen molar-refractivity contribution >= 4 is 80.9 Å². The van der Waals surface area contributed by atoms with E-state index in [0.29, 0.717) is 164 Å². The molecule has 500 valence electrons. The van der Waals surface area contributed by atoms with Gasteiger partial charge in [0.05, 0.1) is 136 Å². The number of nitrogens with one attached hydrogen (secondary N) is 5. The Balaban J connectivity index is 0.568. The summed E-state index contributed by atoms with van der Waals surface area (Å²) in [6.45, 7) is 13.3. The fourth-order valence-electron chi connectivity index (χ4n) is 10.1. The molecule has 0 saturated carbocycles. The Kier molecular flexibility index (Phi) is 28.4. The summed E-state index contributed by atoms with van der Waals surface area (Å²) in [4.78, 5) is 77.4. The van der Waals surface area contributed by atoms with Gasteiger partial charge in [-0.1, -0.05) is 48.5 Å². The van der Waals surface area contributed by atoms with Gasteiger partial charge in [0.15, 0.2) is 0 Å². The van der Waals surface area contributed by atoms with Crippen LogP contribution in [0.3, 0.4) is 0 Å². The van der Waals surface area contributed by atoms with Crippen molar-refractivity contribution in [1.82, 2.24) is 35.0 Å². The summed E-state index contributed by atoms with van der Waals surface area (Å²) in [6, 6.07) is 22.7. The first kappa shape index (κ1) is 70.6. The van der Waals surface area contributed by atoms with Gasteiger partial charge in [-0.2, -0.15) is 0 Å². The monoisotopic (exact) mass is 1310 g/mol. The number of carbonyl (C=O) groups excluding carboxylic acids is 5. The maximum absolute atomic E-state index is 13.0. The largest absolute Gasteiger partial charge is 0.494 e. The number of nitrogens with zero attached hydrogens (tertiary/aromatic N) is 6. The average molecular weight is 1310 g/mol. The standard InChI is InChI=1S/C66H84ClN11O15/c1-6-61(79)71-55-41-56(73-65-68-16-15-54(72-65)53-45-77(4)57-10-8-7-9-52(53)57)60(84-5)42-59(55)76(3)18-17-75(2)19-20-85-21-22-86-23-24-87-25-26-88-27-28-89-29-30-90-31-32-91-33-34-92-35-36-93-50-39-48(67)38-49(40-50)70-66(83)69-43-46-11-12-51-47(37-46)44-78(64(51)82)58-13-14-62(80)74-63(58)81/h6-12,15-16,37-42,45,58H,1,13-14,17-36,43-44H2,2-5H3,(H,71,79)(H,68,72,73)(H2,69,70,83)(H,74,80,81). The molecule has 2 aliphatic heterocycles. The fraction of sp³-hybridized carbons (Fsp3) is 0.439. The number of ether oxygens (including phenoxy) is 10. The number of benzene rings is 4. The van der Waals surface area contributed by atoms with Crippen molar-refractivity contribution in [3.63, 3.8) is 0 Å². The smallest absolute Gasteiger partial charge is 0.319 e. The van der Waals surface area contributed by atoms with Gasteiger partial charge in [-0.25, -0.2) is 14.8 Å². The minimum atomic E-state index is -0.701. The van der Waals surface area contributed by atoms with Crippen molar-refractivity contribution in [3.05, 3.63) is 126 Å². The molecule has 8 rings (SSSR count). The van der Waals surface area contributed by atoms with Crippen LogP contribution in [0, 0.1) is 0 Å². The number of urea groups is 1. The number of aryl methyl sites for hydroxylation is 1. The van der Waals surface area contributed by atoms with E-state index in [0.717, 1.165) is 45.5 Å². The lowest BCUT2D eigenvalue weighted by atomic mass is 10.0. The maximum atomic E-state index is 13.0. The molecule has 2 aromatic heterocycles. The van der Waals surface area contributed by atoms with E-state index in [1.54, 1.807) is 43.6 Å². The van der Waals surface area contributed by atoms with E-state index in [9.17, 15) is 24.0 Å². The lowest BCUT2D eigenvalue weighted by molar-refractivity contribution is -0.137. The predicted octanol–water partition coefficient (Wildman–Crippen LogP) is 6.83. The molecule has 4 aromatic carbocycles. The number of aromatic nitrogens is 3. The number of rotatable bonds is 42. The van der Waals surface area contributed by atoms with Crippen LogP contribution in [-0.4, -0.2) is 213 Å². The van der Waals surface area contributed by atoms with Gasteiger partial charge >= 0.3 is 6.03 Å². The quantitative estimate of drug-likeness (QED) is 0.0149. The molecule has 5 N–H and O–H groups in total. The van der Waals surface area contributed by atoms with E-state index in [4.69, 9.17) is 64.0 Å². The summed E-state index contributed by atoms with van der Waals surface area (Å²) in [5, 5.41) is 15.6. The van der Waals surface area contributed by atoms with E-state index < -0.39 is 18.0 Å². The molecule has 26 nitrogen and oxygen atoms in total. The molecule has 1 atom stereocenters. The molecule has 1 fully saturated rings. The summed E-state index contributed by atoms with van der Waals surface area (Å²) in [5.74, 6) is -0.0374. The average Bonchev–Trinajstić information content (AvgIpc) is 1.66. The molecule has 27 heteroatoms. The SMILES string of the molecule is C=CC(=O)Nc1cc(Nc2nccc(-c3cn(C)c4ccccc34)n2)c(OC)cc1N(C)CCN(C)CCOCCOCCOCCOCCOCCOCCOCCOCCOc1cc(Cl)cc(NC(=O)NCc2ccc3c(c2)CN(C2CCC(=O)NC2=O)C3=O)c1. The Labute approximate surface area is 546 Å². The van der Waals surface area contributed by atoms with Crippen molar-refractivity contribution in [2.24, 2.45) is 7.05 Å². The first-order chi connectivity index (χ1) is 45.3. The van der Waals surface area contributed by atoms with E-state index >= 15 is 0 Å². The molecule has 1 unspecified atom stereocenters. The van der Waals surface area contributed by atoms with E-state index in [2.05, 4.69) is 70.8 Å². The third kappa shape index (κ3) is 22.2. The molecule has 2 aliphatic rings. The first-order valence-corrected chi connectivity index (χ1v) is 31.2. The first-order valence-electron chi connectivity index (χ1n) is 30.8.